The molecular weight excluding hydrogens is 93.1 g/mol. The van der Waals surface area contributed by atoms with Gasteiger partial charge < -0.3 is 0 Å². The van der Waals surface area contributed by atoms with Gasteiger partial charge in [-0.05, 0) is 20.5 Å². The van der Waals surface area contributed by atoms with Crippen LogP contribution in [0.5, 0.6) is 0 Å². The lowest BCUT2D eigenvalue weighted by molar-refractivity contribution is 0.134. The van der Waals surface area contributed by atoms with Crippen molar-refractivity contribution in [3.63, 3.8) is 0 Å². The molecular formula is C5H12FN. The fourth-order valence-electron chi connectivity index (χ4n) is 0.252. The van der Waals surface area contributed by atoms with Crippen molar-refractivity contribution in [2.75, 3.05) is 13.6 Å². The van der Waals surface area contributed by atoms with Crippen LogP contribution in [0, 0.1) is 0 Å². The summed E-state index contributed by atoms with van der Waals surface area (Å²) in [4.78, 5) is 1.62. The van der Waals surface area contributed by atoms with Gasteiger partial charge >= 0.3 is 0 Å². The summed E-state index contributed by atoms with van der Waals surface area (Å²) in [5, 5.41) is 0. The van der Waals surface area contributed by atoms with E-state index in [9.17, 15) is 4.39 Å². The van der Waals surface area contributed by atoms with Gasteiger partial charge in [-0.15, -0.1) is 0 Å². The van der Waals surface area contributed by atoms with Crippen LogP contribution in [0.4, 0.5) is 4.39 Å². The second-order valence-electron chi connectivity index (χ2n) is 1.65. The Labute approximate surface area is 44.1 Å². The second-order valence-corrected chi connectivity index (χ2v) is 1.65. The molecule has 0 saturated heterocycles. The zero-order valence-electron chi connectivity index (χ0n) is 5.11. The maximum Gasteiger partial charge on any atom is 0.150 e. The molecule has 0 spiro atoms. The van der Waals surface area contributed by atoms with E-state index in [0.29, 0.717) is 0 Å². The van der Waals surface area contributed by atoms with Crippen LogP contribution in [-0.4, -0.2) is 24.8 Å². The first kappa shape index (κ1) is 6.89. The minimum absolute atomic E-state index is 0.775. The fraction of sp³-hybridized carbons (Fsp3) is 1.00. The smallest absolute Gasteiger partial charge is 0.150 e. The van der Waals surface area contributed by atoms with Gasteiger partial charge in [0.2, 0.25) is 0 Å². The Hall–Kier alpha value is -0.110. The van der Waals surface area contributed by atoms with Crippen LogP contribution in [0.25, 0.3) is 0 Å². The summed E-state index contributed by atoms with van der Waals surface area (Å²) < 4.78 is 12.0. The van der Waals surface area contributed by atoms with Gasteiger partial charge in [0.25, 0.3) is 0 Å². The van der Waals surface area contributed by atoms with Crippen LogP contribution < -0.4 is 0 Å². The second kappa shape index (κ2) is 2.97. The molecule has 0 N–H and O–H groups in total. The summed E-state index contributed by atoms with van der Waals surface area (Å²) in [6, 6.07) is 0. The predicted octanol–water partition coefficient (Wildman–Crippen LogP) is 1.25. The Morgan fingerprint density at radius 2 is 2.14 bits per heavy atom. The number of nitrogens with zero attached hydrogens (tertiary/aromatic N) is 1. The largest absolute Gasteiger partial charge is 0.278 e. The monoisotopic (exact) mass is 105 g/mol. The van der Waals surface area contributed by atoms with Crippen LogP contribution in [0.1, 0.15) is 13.8 Å². The number of rotatable bonds is 2. The standard InChI is InChI=1S/C5H12FN/c1-4-7(3)5(2)6/h5H,4H2,1-3H3. The summed E-state index contributed by atoms with van der Waals surface area (Å²) in [7, 11) is 1.75. The van der Waals surface area contributed by atoms with E-state index in [1.807, 2.05) is 6.92 Å². The Kier molecular flexibility index (Phi) is 2.92. The molecule has 0 heterocycles. The first-order chi connectivity index (χ1) is 3.18. The summed E-state index contributed by atoms with van der Waals surface area (Å²) in [5.41, 5.74) is 0. The van der Waals surface area contributed by atoms with Gasteiger partial charge in [0.1, 0.15) is 0 Å². The van der Waals surface area contributed by atoms with E-state index < -0.39 is 6.30 Å². The van der Waals surface area contributed by atoms with Crippen molar-refractivity contribution in [2.24, 2.45) is 0 Å². The zero-order chi connectivity index (χ0) is 5.86. The van der Waals surface area contributed by atoms with Crippen LogP contribution in [0.3, 0.4) is 0 Å². The van der Waals surface area contributed by atoms with E-state index >= 15 is 0 Å². The zero-order valence-corrected chi connectivity index (χ0v) is 5.11. The van der Waals surface area contributed by atoms with Crippen molar-refractivity contribution in [1.29, 1.82) is 0 Å². The highest BCUT2D eigenvalue weighted by Gasteiger charge is 2.00. The average Bonchev–Trinajstić information content (AvgIpc) is 1.65. The van der Waals surface area contributed by atoms with Crippen molar-refractivity contribution in [1.82, 2.24) is 4.90 Å². The minimum Gasteiger partial charge on any atom is -0.278 e. The Morgan fingerprint density at radius 3 is 2.14 bits per heavy atom. The molecule has 7 heavy (non-hydrogen) atoms. The van der Waals surface area contributed by atoms with E-state index in [2.05, 4.69) is 0 Å². The van der Waals surface area contributed by atoms with Crippen LogP contribution in [0.15, 0.2) is 0 Å². The van der Waals surface area contributed by atoms with Gasteiger partial charge in [-0.2, -0.15) is 0 Å². The van der Waals surface area contributed by atoms with Crippen molar-refractivity contribution in [3.8, 4) is 0 Å². The molecule has 0 aromatic rings. The molecule has 1 atom stereocenters. The molecule has 1 nitrogen and oxygen atoms in total. The minimum atomic E-state index is -0.801. The molecule has 0 radical (unpaired) electrons. The van der Waals surface area contributed by atoms with E-state index in [-0.39, 0.29) is 0 Å². The van der Waals surface area contributed by atoms with E-state index in [1.54, 1.807) is 11.9 Å². The lowest BCUT2D eigenvalue weighted by Crippen LogP contribution is -2.24. The average molecular weight is 105 g/mol. The van der Waals surface area contributed by atoms with Gasteiger partial charge in [-0.3, -0.25) is 4.90 Å². The van der Waals surface area contributed by atoms with Crippen LogP contribution >= 0.6 is 0 Å². The van der Waals surface area contributed by atoms with Gasteiger partial charge in [0, 0.05) is 0 Å². The fourth-order valence-corrected chi connectivity index (χ4v) is 0.252. The van der Waals surface area contributed by atoms with Crippen molar-refractivity contribution >= 4 is 0 Å². The summed E-state index contributed by atoms with van der Waals surface area (Å²) in [5.74, 6) is 0. The molecule has 0 fully saturated rings. The third-order valence-corrected chi connectivity index (χ3v) is 1.11. The first-order valence-electron chi connectivity index (χ1n) is 2.52. The maximum atomic E-state index is 12.0. The molecule has 2 heteroatoms. The summed E-state index contributed by atoms with van der Waals surface area (Å²) in [6.07, 6.45) is -0.801. The number of halogens is 1. The van der Waals surface area contributed by atoms with Gasteiger partial charge in [0.05, 0.1) is 0 Å². The summed E-state index contributed by atoms with van der Waals surface area (Å²) in [6.45, 7) is 4.23. The Morgan fingerprint density at radius 1 is 1.71 bits per heavy atom. The Balaban J connectivity index is 3.14. The van der Waals surface area contributed by atoms with Crippen molar-refractivity contribution < 1.29 is 4.39 Å². The van der Waals surface area contributed by atoms with Gasteiger partial charge in [-0.1, -0.05) is 6.92 Å². The highest BCUT2D eigenvalue weighted by molar-refractivity contribution is 4.43. The van der Waals surface area contributed by atoms with E-state index in [4.69, 9.17) is 0 Å². The number of hydrogen-bond acceptors (Lipinski definition) is 1. The van der Waals surface area contributed by atoms with E-state index in [0.717, 1.165) is 6.54 Å². The molecule has 44 valence electrons. The lowest BCUT2D eigenvalue weighted by Gasteiger charge is -2.13. The molecule has 0 bridgehead atoms. The molecule has 0 aliphatic rings. The van der Waals surface area contributed by atoms with Gasteiger partial charge in [0.15, 0.2) is 6.30 Å². The highest BCUT2D eigenvalue weighted by atomic mass is 19.1. The number of hydrogen-bond donors (Lipinski definition) is 0. The molecule has 0 saturated carbocycles. The highest BCUT2D eigenvalue weighted by Crippen LogP contribution is 1.92. The quantitative estimate of drug-likeness (QED) is 0.478. The summed E-state index contributed by atoms with van der Waals surface area (Å²) >= 11 is 0. The van der Waals surface area contributed by atoms with Crippen LogP contribution in [0.2, 0.25) is 0 Å². The first-order valence-corrected chi connectivity index (χ1v) is 2.52. The SMILES string of the molecule is CCN(C)C(C)F. The van der Waals surface area contributed by atoms with E-state index in [1.165, 1.54) is 6.92 Å². The number of alkyl halides is 1. The van der Waals surface area contributed by atoms with Crippen molar-refractivity contribution in [2.45, 2.75) is 20.1 Å². The van der Waals surface area contributed by atoms with Crippen LogP contribution in [-0.2, 0) is 0 Å². The molecule has 0 rings (SSSR count). The lowest BCUT2D eigenvalue weighted by atomic mass is 10.5. The normalized spacial score (nSPS) is 15.0. The molecule has 0 aromatic heterocycles. The molecule has 1 unspecified atom stereocenters. The molecule has 0 aliphatic heterocycles. The van der Waals surface area contributed by atoms with Crippen molar-refractivity contribution in [3.05, 3.63) is 0 Å². The molecule has 0 aliphatic carbocycles. The van der Waals surface area contributed by atoms with Gasteiger partial charge in [-0.25, -0.2) is 4.39 Å². The maximum absolute atomic E-state index is 12.0. The molecule has 0 aromatic carbocycles. The Bertz CT molecular complexity index is 45.3. The predicted molar refractivity (Wildman–Crippen MR) is 28.9 cm³/mol. The topological polar surface area (TPSA) is 3.24 Å². The third-order valence-electron chi connectivity index (χ3n) is 1.11. The molecule has 0 amide bonds. The third kappa shape index (κ3) is 2.57.